The standard InChI is InChI=1S/C11H17N3O3S/c1-9(10-6-4-5-7-12-10)13-11(15)8-14(2)18(3,16)17/h4-7,9H,8H2,1-3H3,(H,13,15)/t9-/m1/s1. The summed E-state index contributed by atoms with van der Waals surface area (Å²) >= 11 is 0. The minimum absolute atomic E-state index is 0.198. The Kier molecular flexibility index (Phi) is 4.80. The Morgan fingerprint density at radius 1 is 1.50 bits per heavy atom. The molecule has 100 valence electrons. The Hall–Kier alpha value is -1.47. The van der Waals surface area contributed by atoms with Gasteiger partial charge in [-0.1, -0.05) is 6.07 Å². The van der Waals surface area contributed by atoms with Crippen molar-refractivity contribution in [2.45, 2.75) is 13.0 Å². The lowest BCUT2D eigenvalue weighted by molar-refractivity contribution is -0.121. The number of sulfonamides is 1. The van der Waals surface area contributed by atoms with Crippen molar-refractivity contribution in [3.05, 3.63) is 30.1 Å². The van der Waals surface area contributed by atoms with Crippen LogP contribution in [0.4, 0.5) is 0 Å². The van der Waals surface area contributed by atoms with Crippen LogP contribution in [0, 0.1) is 0 Å². The van der Waals surface area contributed by atoms with Gasteiger partial charge >= 0.3 is 0 Å². The molecule has 1 rings (SSSR count). The number of hydrogen-bond acceptors (Lipinski definition) is 4. The van der Waals surface area contributed by atoms with Gasteiger partial charge in [0.15, 0.2) is 0 Å². The molecule has 7 heteroatoms. The van der Waals surface area contributed by atoms with Crippen LogP contribution in [0.2, 0.25) is 0 Å². The fraction of sp³-hybridized carbons (Fsp3) is 0.455. The molecule has 0 fully saturated rings. The van der Waals surface area contributed by atoms with Crippen molar-refractivity contribution in [2.75, 3.05) is 19.8 Å². The summed E-state index contributed by atoms with van der Waals surface area (Å²) < 4.78 is 23.3. The second kappa shape index (κ2) is 5.92. The highest BCUT2D eigenvalue weighted by Crippen LogP contribution is 2.07. The predicted molar refractivity (Wildman–Crippen MR) is 68.3 cm³/mol. The molecule has 6 nitrogen and oxygen atoms in total. The fourth-order valence-electron chi connectivity index (χ4n) is 1.31. The lowest BCUT2D eigenvalue weighted by Crippen LogP contribution is -2.38. The minimum atomic E-state index is -3.34. The van der Waals surface area contributed by atoms with E-state index in [1.54, 1.807) is 25.3 Å². The van der Waals surface area contributed by atoms with E-state index in [-0.39, 0.29) is 18.5 Å². The summed E-state index contributed by atoms with van der Waals surface area (Å²) in [5.74, 6) is -0.360. The Balaban J connectivity index is 2.56. The summed E-state index contributed by atoms with van der Waals surface area (Å²) in [6.07, 6.45) is 2.70. The number of aromatic nitrogens is 1. The molecule has 1 atom stereocenters. The molecule has 18 heavy (non-hydrogen) atoms. The Labute approximate surface area is 107 Å². The first-order chi connectivity index (χ1) is 8.30. The number of likely N-dealkylation sites (N-methyl/N-ethyl adjacent to an activating group) is 1. The van der Waals surface area contributed by atoms with Crippen LogP contribution in [0.1, 0.15) is 18.7 Å². The molecule has 1 N–H and O–H groups in total. The summed E-state index contributed by atoms with van der Waals surface area (Å²) in [4.78, 5) is 15.8. The van der Waals surface area contributed by atoms with Gasteiger partial charge < -0.3 is 5.32 Å². The third-order valence-corrected chi connectivity index (χ3v) is 3.70. The molecule has 0 aliphatic heterocycles. The van der Waals surface area contributed by atoms with E-state index in [2.05, 4.69) is 10.3 Å². The Morgan fingerprint density at radius 2 is 2.17 bits per heavy atom. The average Bonchev–Trinajstić information content (AvgIpc) is 2.28. The summed E-state index contributed by atoms with van der Waals surface area (Å²) in [5.41, 5.74) is 0.729. The quantitative estimate of drug-likeness (QED) is 0.826. The van der Waals surface area contributed by atoms with Crippen LogP contribution in [0.3, 0.4) is 0 Å². The van der Waals surface area contributed by atoms with Crippen LogP contribution in [0.25, 0.3) is 0 Å². The van der Waals surface area contributed by atoms with Crippen LogP contribution in [0.15, 0.2) is 24.4 Å². The smallest absolute Gasteiger partial charge is 0.235 e. The number of hydrogen-bond donors (Lipinski definition) is 1. The molecule has 0 aromatic carbocycles. The van der Waals surface area contributed by atoms with Crippen molar-refractivity contribution in [3.63, 3.8) is 0 Å². The zero-order chi connectivity index (χ0) is 13.8. The largest absolute Gasteiger partial charge is 0.347 e. The maximum absolute atomic E-state index is 11.6. The molecule has 0 aliphatic rings. The first kappa shape index (κ1) is 14.6. The van der Waals surface area contributed by atoms with Gasteiger partial charge in [-0.05, 0) is 19.1 Å². The van der Waals surface area contributed by atoms with Crippen LogP contribution in [-0.4, -0.2) is 43.5 Å². The molecular weight excluding hydrogens is 254 g/mol. The lowest BCUT2D eigenvalue weighted by Gasteiger charge is -2.17. The van der Waals surface area contributed by atoms with Gasteiger partial charge in [-0.2, -0.15) is 4.31 Å². The maximum atomic E-state index is 11.6. The SMILES string of the molecule is C[C@@H](NC(=O)CN(C)S(C)(=O)=O)c1ccccn1. The van der Waals surface area contributed by atoms with Gasteiger partial charge in [0.25, 0.3) is 0 Å². The summed E-state index contributed by atoms with van der Waals surface area (Å²) in [5, 5.41) is 2.69. The molecule has 0 bridgehead atoms. The number of carbonyl (C=O) groups excluding carboxylic acids is 1. The minimum Gasteiger partial charge on any atom is -0.347 e. The van der Waals surface area contributed by atoms with Crippen LogP contribution in [0.5, 0.6) is 0 Å². The van der Waals surface area contributed by atoms with Gasteiger partial charge in [0, 0.05) is 13.2 Å². The topological polar surface area (TPSA) is 79.4 Å². The number of pyridine rings is 1. The van der Waals surface area contributed by atoms with Gasteiger partial charge in [0.2, 0.25) is 15.9 Å². The number of nitrogens with one attached hydrogen (secondary N) is 1. The highest BCUT2D eigenvalue weighted by atomic mass is 32.2. The molecule has 0 aliphatic carbocycles. The third-order valence-electron chi connectivity index (χ3n) is 2.44. The molecule has 1 aromatic heterocycles. The summed E-state index contributed by atoms with van der Waals surface area (Å²) in [6, 6.07) is 5.15. The molecule has 0 spiro atoms. The third kappa shape index (κ3) is 4.42. The zero-order valence-corrected chi connectivity index (χ0v) is 11.4. The Bertz CT molecular complexity index is 502. The molecule has 1 aromatic rings. The fourth-order valence-corrected chi connectivity index (χ4v) is 1.66. The summed E-state index contributed by atoms with van der Waals surface area (Å²) in [6.45, 7) is 1.59. The molecule has 0 unspecified atom stereocenters. The monoisotopic (exact) mass is 271 g/mol. The normalized spacial score (nSPS) is 13.3. The molecule has 0 saturated carbocycles. The number of rotatable bonds is 5. The average molecular weight is 271 g/mol. The first-order valence-corrected chi connectivity index (χ1v) is 7.27. The predicted octanol–water partition coefficient (Wildman–Crippen LogP) is 0.150. The van der Waals surface area contributed by atoms with Crippen molar-refractivity contribution in [3.8, 4) is 0 Å². The van der Waals surface area contributed by atoms with E-state index in [0.29, 0.717) is 0 Å². The van der Waals surface area contributed by atoms with Gasteiger partial charge in [-0.25, -0.2) is 8.42 Å². The zero-order valence-electron chi connectivity index (χ0n) is 10.6. The Morgan fingerprint density at radius 3 is 2.67 bits per heavy atom. The van der Waals surface area contributed by atoms with E-state index >= 15 is 0 Å². The molecule has 0 saturated heterocycles. The van der Waals surface area contributed by atoms with Gasteiger partial charge in [0.05, 0.1) is 24.5 Å². The van der Waals surface area contributed by atoms with Crippen molar-refractivity contribution in [1.82, 2.24) is 14.6 Å². The molecule has 0 radical (unpaired) electrons. The van der Waals surface area contributed by atoms with E-state index in [0.717, 1.165) is 16.3 Å². The van der Waals surface area contributed by atoms with Crippen molar-refractivity contribution < 1.29 is 13.2 Å². The highest BCUT2D eigenvalue weighted by Gasteiger charge is 2.17. The van der Waals surface area contributed by atoms with Gasteiger partial charge in [-0.3, -0.25) is 9.78 Å². The van der Waals surface area contributed by atoms with Crippen molar-refractivity contribution >= 4 is 15.9 Å². The second-order valence-corrected chi connectivity index (χ2v) is 6.15. The van der Waals surface area contributed by atoms with E-state index < -0.39 is 10.0 Å². The van der Waals surface area contributed by atoms with Gasteiger partial charge in [-0.15, -0.1) is 0 Å². The van der Waals surface area contributed by atoms with Crippen molar-refractivity contribution in [2.24, 2.45) is 0 Å². The van der Waals surface area contributed by atoms with Gasteiger partial charge in [0.1, 0.15) is 0 Å². The van der Waals surface area contributed by atoms with Crippen molar-refractivity contribution in [1.29, 1.82) is 0 Å². The van der Waals surface area contributed by atoms with Crippen LogP contribution < -0.4 is 5.32 Å². The first-order valence-electron chi connectivity index (χ1n) is 5.42. The molecule has 1 amide bonds. The number of carbonyl (C=O) groups is 1. The summed E-state index contributed by atoms with van der Waals surface area (Å²) in [7, 11) is -1.98. The van der Waals surface area contributed by atoms with E-state index in [1.165, 1.54) is 7.05 Å². The van der Waals surface area contributed by atoms with E-state index in [1.807, 2.05) is 6.07 Å². The van der Waals surface area contributed by atoms with E-state index in [9.17, 15) is 13.2 Å². The number of nitrogens with zero attached hydrogens (tertiary/aromatic N) is 2. The van der Waals surface area contributed by atoms with Crippen LogP contribution >= 0.6 is 0 Å². The van der Waals surface area contributed by atoms with Crippen LogP contribution in [-0.2, 0) is 14.8 Å². The second-order valence-electron chi connectivity index (χ2n) is 4.06. The number of amides is 1. The molecular formula is C11H17N3O3S. The van der Waals surface area contributed by atoms with E-state index in [4.69, 9.17) is 0 Å². The molecule has 1 heterocycles. The maximum Gasteiger partial charge on any atom is 0.235 e. The lowest BCUT2D eigenvalue weighted by atomic mass is 10.2. The highest BCUT2D eigenvalue weighted by molar-refractivity contribution is 7.88.